The van der Waals surface area contributed by atoms with Gasteiger partial charge in [-0.25, -0.2) is 8.42 Å². The van der Waals surface area contributed by atoms with Crippen molar-refractivity contribution in [2.45, 2.75) is 12.8 Å². The fourth-order valence-electron chi connectivity index (χ4n) is 2.07. The minimum absolute atomic E-state index is 0.417. The van der Waals surface area contributed by atoms with Crippen molar-refractivity contribution in [3.8, 4) is 6.07 Å². The number of fused-ring (bicyclic) bond motifs is 1. The molecule has 1 heterocycles. The summed E-state index contributed by atoms with van der Waals surface area (Å²) in [6, 6.07) is 6.92. The van der Waals surface area contributed by atoms with E-state index in [2.05, 4.69) is 0 Å². The highest BCUT2D eigenvalue weighted by Crippen LogP contribution is 2.32. The second kappa shape index (κ2) is 4.26. The van der Waals surface area contributed by atoms with Gasteiger partial charge in [-0.3, -0.25) is 4.31 Å². The number of hydrogen-bond donors (Lipinski definition) is 1. The Kier molecular flexibility index (Phi) is 2.94. The summed E-state index contributed by atoms with van der Waals surface area (Å²) >= 11 is 0. The molecule has 0 saturated carbocycles. The van der Waals surface area contributed by atoms with Crippen LogP contribution in [0.5, 0.6) is 0 Å². The molecule has 0 bridgehead atoms. The van der Waals surface area contributed by atoms with E-state index < -0.39 is 15.8 Å². The summed E-state index contributed by atoms with van der Waals surface area (Å²) in [4.78, 5) is 0. The Morgan fingerprint density at radius 1 is 1.47 bits per heavy atom. The van der Waals surface area contributed by atoms with Gasteiger partial charge in [0.25, 0.3) is 0 Å². The Labute approximate surface area is 101 Å². The Bertz CT molecular complexity index is 575. The van der Waals surface area contributed by atoms with Gasteiger partial charge in [-0.15, -0.1) is 0 Å². The average molecular weight is 251 g/mol. The van der Waals surface area contributed by atoms with E-state index in [1.54, 1.807) is 24.3 Å². The quantitative estimate of drug-likeness (QED) is 0.790. The monoisotopic (exact) mass is 251 g/mol. The van der Waals surface area contributed by atoms with Gasteiger partial charge in [0.2, 0.25) is 10.0 Å². The third-order valence-electron chi connectivity index (χ3n) is 2.83. The van der Waals surface area contributed by atoms with Crippen LogP contribution in [0.2, 0.25) is 0 Å². The average Bonchev–Trinajstić information content (AvgIpc) is 2.29. The first-order valence-electron chi connectivity index (χ1n) is 5.31. The maximum absolute atomic E-state index is 11.9. The molecule has 1 aliphatic rings. The van der Waals surface area contributed by atoms with Crippen molar-refractivity contribution in [2.24, 2.45) is 0 Å². The van der Waals surface area contributed by atoms with Crippen molar-refractivity contribution in [3.63, 3.8) is 0 Å². The molecule has 5 nitrogen and oxygen atoms in total. The van der Waals surface area contributed by atoms with Crippen LogP contribution in [-0.4, -0.2) is 20.7 Å². The minimum Gasteiger partial charge on any atom is -0.398 e. The Morgan fingerprint density at radius 2 is 2.24 bits per heavy atom. The SMILES string of the molecule is N#CCS(=O)(=O)N1CCCc2c(N)cccc21. The van der Waals surface area contributed by atoms with Gasteiger partial charge in [-0.05, 0) is 30.5 Å². The Morgan fingerprint density at radius 3 is 2.94 bits per heavy atom. The zero-order chi connectivity index (χ0) is 12.5. The third-order valence-corrected chi connectivity index (χ3v) is 4.37. The molecule has 0 spiro atoms. The van der Waals surface area contributed by atoms with Crippen LogP contribution in [0.1, 0.15) is 12.0 Å². The second-order valence-corrected chi connectivity index (χ2v) is 5.83. The molecule has 0 unspecified atom stereocenters. The number of anilines is 2. The maximum Gasteiger partial charge on any atom is 0.248 e. The highest BCUT2D eigenvalue weighted by molar-refractivity contribution is 7.93. The standard InChI is InChI=1S/C11H13N3O2S/c12-6-8-17(15,16)14-7-2-3-9-10(13)4-1-5-11(9)14/h1,4-5H,2-3,7-8,13H2. The lowest BCUT2D eigenvalue weighted by molar-refractivity contribution is 0.590. The van der Waals surface area contributed by atoms with E-state index in [0.29, 0.717) is 17.9 Å². The largest absolute Gasteiger partial charge is 0.398 e. The first kappa shape index (κ1) is 11.7. The number of nitrogens with two attached hydrogens (primary N) is 1. The third kappa shape index (κ3) is 2.06. The molecule has 0 fully saturated rings. The zero-order valence-electron chi connectivity index (χ0n) is 9.26. The number of sulfonamides is 1. The van der Waals surface area contributed by atoms with Gasteiger partial charge in [0.1, 0.15) is 0 Å². The zero-order valence-corrected chi connectivity index (χ0v) is 10.1. The number of nitrogens with zero attached hydrogens (tertiary/aromatic N) is 2. The van der Waals surface area contributed by atoms with Gasteiger partial charge in [0.05, 0.1) is 11.8 Å². The van der Waals surface area contributed by atoms with Crippen molar-refractivity contribution in [1.29, 1.82) is 5.26 Å². The van der Waals surface area contributed by atoms with Crippen molar-refractivity contribution in [3.05, 3.63) is 23.8 Å². The van der Waals surface area contributed by atoms with E-state index in [1.165, 1.54) is 4.31 Å². The van der Waals surface area contributed by atoms with Crippen LogP contribution >= 0.6 is 0 Å². The van der Waals surface area contributed by atoms with Gasteiger partial charge < -0.3 is 5.73 Å². The van der Waals surface area contributed by atoms with E-state index in [9.17, 15) is 8.42 Å². The fourth-order valence-corrected chi connectivity index (χ4v) is 3.26. The van der Waals surface area contributed by atoms with Gasteiger partial charge in [-0.1, -0.05) is 6.07 Å². The predicted molar refractivity (Wildman–Crippen MR) is 65.9 cm³/mol. The van der Waals surface area contributed by atoms with E-state index in [4.69, 9.17) is 11.0 Å². The normalized spacial score (nSPS) is 15.1. The summed E-state index contributed by atoms with van der Waals surface area (Å²) < 4.78 is 25.1. The molecule has 0 atom stereocenters. The smallest absolute Gasteiger partial charge is 0.248 e. The molecule has 0 aromatic heterocycles. The van der Waals surface area contributed by atoms with Gasteiger partial charge in [-0.2, -0.15) is 5.26 Å². The molecule has 1 aromatic rings. The van der Waals surface area contributed by atoms with Crippen molar-refractivity contribution in [1.82, 2.24) is 0 Å². The van der Waals surface area contributed by atoms with Crippen LogP contribution in [0.4, 0.5) is 11.4 Å². The Balaban J connectivity index is 2.50. The lowest BCUT2D eigenvalue weighted by Crippen LogP contribution is -2.37. The van der Waals surface area contributed by atoms with Crippen LogP contribution in [-0.2, 0) is 16.4 Å². The topological polar surface area (TPSA) is 87.2 Å². The predicted octanol–water partition coefficient (Wildman–Crippen LogP) is 0.875. The summed E-state index contributed by atoms with van der Waals surface area (Å²) in [6.07, 6.45) is 1.51. The summed E-state index contributed by atoms with van der Waals surface area (Å²) in [5, 5.41) is 8.55. The molecule has 90 valence electrons. The molecular formula is C11H13N3O2S. The number of hydrogen-bond acceptors (Lipinski definition) is 4. The van der Waals surface area contributed by atoms with Crippen LogP contribution in [0, 0.1) is 11.3 Å². The van der Waals surface area contributed by atoms with E-state index in [0.717, 1.165) is 18.4 Å². The van der Waals surface area contributed by atoms with Crippen molar-refractivity contribution >= 4 is 21.4 Å². The van der Waals surface area contributed by atoms with E-state index in [-0.39, 0.29) is 0 Å². The summed E-state index contributed by atoms with van der Waals surface area (Å²) in [5.41, 5.74) is 7.92. The van der Waals surface area contributed by atoms with Gasteiger partial charge >= 0.3 is 0 Å². The maximum atomic E-state index is 11.9. The lowest BCUT2D eigenvalue weighted by atomic mass is 10.0. The molecule has 2 rings (SSSR count). The highest BCUT2D eigenvalue weighted by atomic mass is 32.2. The molecule has 6 heteroatoms. The van der Waals surface area contributed by atoms with Crippen molar-refractivity contribution < 1.29 is 8.42 Å². The molecule has 0 amide bonds. The molecule has 0 saturated heterocycles. The molecule has 1 aromatic carbocycles. The van der Waals surface area contributed by atoms with E-state index >= 15 is 0 Å². The molecule has 17 heavy (non-hydrogen) atoms. The minimum atomic E-state index is -3.55. The first-order valence-corrected chi connectivity index (χ1v) is 6.92. The number of rotatable bonds is 2. The van der Waals surface area contributed by atoms with E-state index in [1.807, 2.05) is 0 Å². The molecule has 0 radical (unpaired) electrons. The number of benzene rings is 1. The van der Waals surface area contributed by atoms with Crippen LogP contribution in [0.3, 0.4) is 0 Å². The first-order chi connectivity index (χ1) is 8.06. The number of nitriles is 1. The van der Waals surface area contributed by atoms with Gasteiger partial charge in [0.15, 0.2) is 5.75 Å². The second-order valence-electron chi connectivity index (χ2n) is 3.93. The highest BCUT2D eigenvalue weighted by Gasteiger charge is 2.27. The molecule has 0 aliphatic carbocycles. The number of nitrogen functional groups attached to an aromatic ring is 1. The van der Waals surface area contributed by atoms with Crippen LogP contribution < -0.4 is 10.0 Å². The van der Waals surface area contributed by atoms with Crippen LogP contribution in [0.15, 0.2) is 18.2 Å². The fraction of sp³-hybridized carbons (Fsp3) is 0.364. The molecular weight excluding hydrogens is 238 g/mol. The summed E-state index contributed by atoms with van der Waals surface area (Å²) in [7, 11) is -3.55. The lowest BCUT2D eigenvalue weighted by Gasteiger charge is -2.30. The van der Waals surface area contributed by atoms with Crippen molar-refractivity contribution in [2.75, 3.05) is 22.3 Å². The Hall–Kier alpha value is -1.74. The summed E-state index contributed by atoms with van der Waals surface area (Å²) in [5.74, 6) is -0.499. The molecule has 2 N–H and O–H groups in total. The molecule has 1 aliphatic heterocycles. The summed E-state index contributed by atoms with van der Waals surface area (Å²) in [6.45, 7) is 0.417. The van der Waals surface area contributed by atoms with Gasteiger partial charge in [0, 0.05) is 12.2 Å². The van der Waals surface area contributed by atoms with Crippen LogP contribution in [0.25, 0.3) is 0 Å².